The van der Waals surface area contributed by atoms with Crippen molar-refractivity contribution in [3.63, 3.8) is 0 Å². The van der Waals surface area contributed by atoms with E-state index in [1.807, 2.05) is 0 Å². The summed E-state index contributed by atoms with van der Waals surface area (Å²) < 4.78 is 0. The number of anilines is 1. The molecule has 1 unspecified atom stereocenters. The Hall–Kier alpha value is -3.19. The Kier molecular flexibility index (Phi) is 4.60. The second kappa shape index (κ2) is 7.09. The highest BCUT2D eigenvalue weighted by Gasteiger charge is 2.39. The molecule has 2 heterocycles. The van der Waals surface area contributed by atoms with E-state index in [1.54, 1.807) is 42.5 Å². The molecule has 1 saturated heterocycles. The Morgan fingerprint density at radius 1 is 1.11 bits per heavy atom. The largest absolute Gasteiger partial charge is 0.322 e. The van der Waals surface area contributed by atoms with Gasteiger partial charge in [-0.3, -0.25) is 24.5 Å². The van der Waals surface area contributed by atoms with Crippen molar-refractivity contribution in [2.75, 3.05) is 5.32 Å². The lowest BCUT2D eigenvalue weighted by Crippen LogP contribution is -2.52. The number of carbonyl (C=O) groups is 4. The van der Waals surface area contributed by atoms with Crippen molar-refractivity contribution in [1.29, 1.82) is 0 Å². The summed E-state index contributed by atoms with van der Waals surface area (Å²) in [5, 5.41) is 5.63. The summed E-state index contributed by atoms with van der Waals surface area (Å²) in [6.07, 6.45) is 0.480. The van der Waals surface area contributed by atoms with Gasteiger partial charge in [-0.2, -0.15) is 0 Å². The number of rotatable bonds is 3. The molecular weight excluding hydrogens is 382 g/mol. The van der Waals surface area contributed by atoms with Crippen LogP contribution in [-0.4, -0.2) is 34.6 Å². The van der Waals surface area contributed by atoms with Crippen molar-refractivity contribution in [3.05, 3.63) is 64.2 Å². The molecule has 4 amide bonds. The minimum Gasteiger partial charge on any atom is -0.322 e. The number of nitrogens with one attached hydrogen (secondary N) is 2. The average Bonchev–Trinajstić information content (AvgIpc) is 3.00. The highest BCUT2D eigenvalue weighted by molar-refractivity contribution is 6.30. The first-order chi connectivity index (χ1) is 13.4. The van der Waals surface area contributed by atoms with E-state index in [9.17, 15) is 19.2 Å². The van der Waals surface area contributed by atoms with Crippen LogP contribution in [-0.2, 0) is 16.1 Å². The van der Waals surface area contributed by atoms with Crippen LogP contribution in [0, 0.1) is 0 Å². The molecule has 0 aliphatic carbocycles. The molecule has 0 radical (unpaired) electrons. The van der Waals surface area contributed by atoms with Gasteiger partial charge in [0.25, 0.3) is 11.8 Å². The maximum absolute atomic E-state index is 12.8. The molecule has 28 heavy (non-hydrogen) atoms. The lowest BCUT2D eigenvalue weighted by molar-refractivity contribution is -0.136. The molecule has 2 aliphatic heterocycles. The summed E-state index contributed by atoms with van der Waals surface area (Å²) in [5.41, 5.74) is 2.05. The predicted molar refractivity (Wildman–Crippen MR) is 102 cm³/mol. The van der Waals surface area contributed by atoms with E-state index >= 15 is 0 Å². The molecule has 8 heteroatoms. The SMILES string of the molecule is O=C1CCC(N2Cc3c(NC(=O)c4ccc(Cl)cc4)cccc3C2=O)C(=O)N1. The summed E-state index contributed by atoms with van der Waals surface area (Å²) in [6.45, 7) is 0.192. The van der Waals surface area contributed by atoms with E-state index in [2.05, 4.69) is 10.6 Å². The van der Waals surface area contributed by atoms with Gasteiger partial charge in [0.1, 0.15) is 6.04 Å². The fraction of sp³-hybridized carbons (Fsp3) is 0.200. The molecule has 142 valence electrons. The van der Waals surface area contributed by atoms with Gasteiger partial charge in [-0.05, 0) is 42.8 Å². The average molecular weight is 398 g/mol. The summed E-state index contributed by atoms with van der Waals surface area (Å²) in [5.74, 6) is -1.41. The Balaban J connectivity index is 1.57. The summed E-state index contributed by atoms with van der Waals surface area (Å²) in [6, 6.07) is 10.8. The zero-order valence-corrected chi connectivity index (χ0v) is 15.5. The highest BCUT2D eigenvalue weighted by atomic mass is 35.5. The number of hydrogen-bond donors (Lipinski definition) is 2. The number of piperidine rings is 1. The third-order valence-electron chi connectivity index (χ3n) is 4.94. The van der Waals surface area contributed by atoms with Gasteiger partial charge in [0.05, 0.1) is 0 Å². The van der Waals surface area contributed by atoms with Gasteiger partial charge in [0.15, 0.2) is 0 Å². The number of nitrogens with zero attached hydrogens (tertiary/aromatic N) is 1. The van der Waals surface area contributed by atoms with Crippen LogP contribution in [0.5, 0.6) is 0 Å². The quantitative estimate of drug-likeness (QED) is 0.777. The molecule has 0 bridgehead atoms. The lowest BCUT2D eigenvalue weighted by Gasteiger charge is -2.29. The maximum atomic E-state index is 12.8. The van der Waals surface area contributed by atoms with Crippen molar-refractivity contribution in [1.82, 2.24) is 10.2 Å². The first-order valence-electron chi connectivity index (χ1n) is 8.77. The monoisotopic (exact) mass is 397 g/mol. The molecule has 2 aromatic rings. The van der Waals surface area contributed by atoms with Crippen LogP contribution in [0.4, 0.5) is 5.69 Å². The van der Waals surface area contributed by atoms with Crippen molar-refractivity contribution < 1.29 is 19.2 Å². The van der Waals surface area contributed by atoms with Crippen molar-refractivity contribution in [2.45, 2.75) is 25.4 Å². The van der Waals surface area contributed by atoms with Crippen LogP contribution in [0.25, 0.3) is 0 Å². The molecule has 2 N–H and O–H groups in total. The van der Waals surface area contributed by atoms with Gasteiger partial charge in [-0.15, -0.1) is 0 Å². The fourth-order valence-electron chi connectivity index (χ4n) is 3.50. The van der Waals surface area contributed by atoms with E-state index in [1.165, 1.54) is 4.90 Å². The number of halogens is 1. The van der Waals surface area contributed by atoms with E-state index in [-0.39, 0.29) is 37.1 Å². The third-order valence-corrected chi connectivity index (χ3v) is 5.19. The van der Waals surface area contributed by atoms with Crippen LogP contribution in [0.15, 0.2) is 42.5 Å². The van der Waals surface area contributed by atoms with Crippen molar-refractivity contribution >= 4 is 40.9 Å². The fourth-order valence-corrected chi connectivity index (χ4v) is 3.62. The number of carbonyl (C=O) groups excluding carboxylic acids is 4. The molecule has 1 atom stereocenters. The second-order valence-electron chi connectivity index (χ2n) is 6.69. The predicted octanol–water partition coefficient (Wildman–Crippen LogP) is 2.35. The summed E-state index contributed by atoms with van der Waals surface area (Å²) in [7, 11) is 0. The molecule has 2 aromatic carbocycles. The smallest absolute Gasteiger partial charge is 0.255 e. The van der Waals surface area contributed by atoms with Crippen molar-refractivity contribution in [2.24, 2.45) is 0 Å². The van der Waals surface area contributed by atoms with Crippen LogP contribution < -0.4 is 10.6 Å². The Labute approximate surface area is 165 Å². The van der Waals surface area contributed by atoms with E-state index in [4.69, 9.17) is 11.6 Å². The van der Waals surface area contributed by atoms with E-state index in [0.717, 1.165) is 0 Å². The van der Waals surface area contributed by atoms with Gasteiger partial charge in [-0.1, -0.05) is 17.7 Å². The van der Waals surface area contributed by atoms with Gasteiger partial charge < -0.3 is 10.2 Å². The number of imide groups is 1. The summed E-state index contributed by atoms with van der Waals surface area (Å²) >= 11 is 5.85. The first-order valence-corrected chi connectivity index (χ1v) is 9.15. The number of benzene rings is 2. The van der Waals surface area contributed by atoms with Crippen LogP contribution in [0.1, 0.15) is 39.1 Å². The van der Waals surface area contributed by atoms with Gasteiger partial charge in [0, 0.05) is 40.4 Å². The van der Waals surface area contributed by atoms with E-state index < -0.39 is 11.9 Å². The molecule has 0 aromatic heterocycles. The lowest BCUT2D eigenvalue weighted by atomic mass is 10.0. The Bertz CT molecular complexity index is 1000. The molecule has 7 nitrogen and oxygen atoms in total. The van der Waals surface area contributed by atoms with Crippen LogP contribution in [0.3, 0.4) is 0 Å². The standard InChI is InChI=1S/C20H16ClN3O4/c21-12-6-4-11(5-7-12)18(26)22-15-3-1-2-13-14(15)10-24(20(13)28)16-8-9-17(25)23-19(16)27/h1-7,16H,8-10H2,(H,22,26)(H,23,25,27). The van der Waals surface area contributed by atoms with Crippen molar-refractivity contribution in [3.8, 4) is 0 Å². The zero-order chi connectivity index (χ0) is 19.8. The minimum absolute atomic E-state index is 0.191. The molecule has 0 saturated carbocycles. The Morgan fingerprint density at radius 3 is 2.57 bits per heavy atom. The summed E-state index contributed by atoms with van der Waals surface area (Å²) in [4.78, 5) is 50.3. The van der Waals surface area contributed by atoms with Gasteiger partial charge in [-0.25, -0.2) is 0 Å². The molecule has 2 aliphatic rings. The molecule has 4 rings (SSSR count). The normalized spacial score (nSPS) is 18.7. The zero-order valence-electron chi connectivity index (χ0n) is 14.7. The van der Waals surface area contributed by atoms with E-state index in [0.29, 0.717) is 27.4 Å². The minimum atomic E-state index is -0.697. The van der Waals surface area contributed by atoms with Gasteiger partial charge in [0.2, 0.25) is 11.8 Å². The van der Waals surface area contributed by atoms with Crippen LogP contribution >= 0.6 is 11.6 Å². The molecule has 1 fully saturated rings. The van der Waals surface area contributed by atoms with Gasteiger partial charge >= 0.3 is 0 Å². The molecular formula is C20H16ClN3O4. The topological polar surface area (TPSA) is 95.6 Å². The number of hydrogen-bond acceptors (Lipinski definition) is 4. The molecule has 0 spiro atoms. The number of fused-ring (bicyclic) bond motifs is 1. The second-order valence-corrected chi connectivity index (χ2v) is 7.13. The number of amides is 4. The first kappa shape index (κ1) is 18.2. The maximum Gasteiger partial charge on any atom is 0.255 e. The highest BCUT2D eigenvalue weighted by Crippen LogP contribution is 2.32. The Morgan fingerprint density at radius 2 is 1.86 bits per heavy atom. The third kappa shape index (κ3) is 3.25. The van der Waals surface area contributed by atoms with Crippen LogP contribution in [0.2, 0.25) is 5.02 Å².